The van der Waals surface area contributed by atoms with E-state index in [1.165, 1.54) is 6.07 Å². The van der Waals surface area contributed by atoms with Crippen LogP contribution in [-0.4, -0.2) is 37.8 Å². The van der Waals surface area contributed by atoms with Gasteiger partial charge in [-0.15, -0.1) is 0 Å². The first-order valence-corrected chi connectivity index (χ1v) is 10.1. The number of nitrogens with one attached hydrogen (secondary N) is 1. The van der Waals surface area contributed by atoms with Crippen LogP contribution in [0.4, 0.5) is 4.39 Å². The molecule has 5 nitrogen and oxygen atoms in total. The summed E-state index contributed by atoms with van der Waals surface area (Å²) in [4.78, 5) is 6.59. The minimum absolute atomic E-state index is 0.0700. The Kier molecular flexibility index (Phi) is 5.80. The molecule has 0 radical (unpaired) electrons. The summed E-state index contributed by atoms with van der Waals surface area (Å²) in [6.07, 6.45) is 4.27. The molecule has 4 rings (SSSR count). The highest BCUT2D eigenvalue weighted by atomic mass is 35.5. The molecule has 0 amide bonds. The van der Waals surface area contributed by atoms with Gasteiger partial charge in [-0.2, -0.15) is 0 Å². The molecule has 150 valence electrons. The van der Waals surface area contributed by atoms with Gasteiger partial charge in [-0.25, -0.2) is 4.39 Å². The molecule has 2 N–H and O–H groups in total. The average Bonchev–Trinajstić information content (AvgIpc) is 3.33. The molecule has 1 aliphatic heterocycles. The van der Waals surface area contributed by atoms with Crippen LogP contribution in [0.3, 0.4) is 0 Å². The number of hydrogen-bond donors (Lipinski definition) is 2. The fraction of sp³-hybridized carbons (Fsp3) is 0.238. The Morgan fingerprint density at radius 2 is 2.07 bits per heavy atom. The lowest BCUT2D eigenvalue weighted by Crippen LogP contribution is -2.31. The maximum Gasteiger partial charge on any atom is 0.170 e. The number of rotatable bonds is 6. The number of benzene rings is 1. The maximum absolute atomic E-state index is 13.7. The molecule has 2 aromatic heterocycles. The van der Waals surface area contributed by atoms with Crippen molar-refractivity contribution in [1.82, 2.24) is 19.8 Å². The Labute approximate surface area is 178 Å². The van der Waals surface area contributed by atoms with Gasteiger partial charge in [0.15, 0.2) is 5.11 Å². The SMILES string of the molecule is OCCCN1C(=S)N[C@@H](c2ccccn2)[C@@H]1c1cccn1-c1ccc(F)c(Cl)c1. The second-order valence-corrected chi connectivity index (χ2v) is 7.59. The van der Waals surface area contributed by atoms with Crippen molar-refractivity contribution in [2.24, 2.45) is 0 Å². The largest absolute Gasteiger partial charge is 0.396 e. The summed E-state index contributed by atoms with van der Waals surface area (Å²) in [5.74, 6) is -0.455. The zero-order chi connectivity index (χ0) is 20.4. The van der Waals surface area contributed by atoms with Crippen LogP contribution in [0.1, 0.15) is 29.9 Å². The first-order chi connectivity index (χ1) is 14.1. The number of aliphatic hydroxyl groups excluding tert-OH is 1. The third-order valence-electron chi connectivity index (χ3n) is 5.02. The summed E-state index contributed by atoms with van der Waals surface area (Å²) in [6.45, 7) is 0.681. The number of nitrogens with zero attached hydrogens (tertiary/aromatic N) is 3. The van der Waals surface area contributed by atoms with E-state index in [0.717, 1.165) is 17.1 Å². The van der Waals surface area contributed by atoms with E-state index in [-0.39, 0.29) is 23.7 Å². The monoisotopic (exact) mass is 430 g/mol. The minimum Gasteiger partial charge on any atom is -0.396 e. The molecular formula is C21H20ClFN4OS. The van der Waals surface area contributed by atoms with Crippen molar-refractivity contribution in [3.63, 3.8) is 0 Å². The van der Waals surface area contributed by atoms with Crippen molar-refractivity contribution in [2.75, 3.05) is 13.2 Å². The number of halogens is 2. The smallest absolute Gasteiger partial charge is 0.170 e. The molecule has 1 aliphatic rings. The first-order valence-electron chi connectivity index (χ1n) is 9.31. The predicted octanol–water partition coefficient (Wildman–Crippen LogP) is 4.02. The average molecular weight is 431 g/mol. The van der Waals surface area contributed by atoms with Crippen molar-refractivity contribution in [3.05, 3.63) is 83.2 Å². The van der Waals surface area contributed by atoms with Crippen molar-refractivity contribution in [1.29, 1.82) is 0 Å². The van der Waals surface area contributed by atoms with Crippen LogP contribution in [0, 0.1) is 5.82 Å². The van der Waals surface area contributed by atoms with E-state index in [4.69, 9.17) is 23.8 Å². The second-order valence-electron chi connectivity index (χ2n) is 6.80. The number of thiocarbonyl (C=S) groups is 1. The van der Waals surface area contributed by atoms with Gasteiger partial charge in [-0.1, -0.05) is 17.7 Å². The summed E-state index contributed by atoms with van der Waals surface area (Å²) in [5, 5.41) is 13.4. The van der Waals surface area contributed by atoms with Crippen molar-refractivity contribution in [3.8, 4) is 5.69 Å². The normalized spacial score (nSPS) is 18.9. The third kappa shape index (κ3) is 3.85. The molecule has 0 aliphatic carbocycles. The van der Waals surface area contributed by atoms with Crippen LogP contribution < -0.4 is 5.32 Å². The van der Waals surface area contributed by atoms with E-state index in [0.29, 0.717) is 18.1 Å². The Hall–Kier alpha value is -2.48. The Balaban J connectivity index is 1.79. The van der Waals surface area contributed by atoms with Gasteiger partial charge in [0, 0.05) is 36.9 Å². The molecule has 3 aromatic rings. The topological polar surface area (TPSA) is 53.3 Å². The molecule has 8 heteroatoms. The molecule has 2 atom stereocenters. The standard InChI is InChI=1S/C21H20ClFN4OS/c22-15-13-14(7-8-16(15)23)26-10-3-6-18(26)20-19(17-5-1-2-9-24-17)25-21(29)27(20)11-4-12-28/h1-3,5-10,13,19-20,28H,4,11-12H2,(H,25,29)/t19-,20-/m0/s1. The van der Waals surface area contributed by atoms with Crippen molar-refractivity contribution in [2.45, 2.75) is 18.5 Å². The van der Waals surface area contributed by atoms with E-state index in [1.807, 2.05) is 41.1 Å². The van der Waals surface area contributed by atoms with Gasteiger partial charge in [-0.05, 0) is 61.1 Å². The molecule has 3 heterocycles. The van der Waals surface area contributed by atoms with Crippen molar-refractivity contribution >= 4 is 28.9 Å². The molecular weight excluding hydrogens is 411 g/mol. The van der Waals surface area contributed by atoms with E-state index in [1.54, 1.807) is 18.3 Å². The van der Waals surface area contributed by atoms with Crippen LogP contribution in [0.15, 0.2) is 60.9 Å². The summed E-state index contributed by atoms with van der Waals surface area (Å²) >= 11 is 11.6. The van der Waals surface area contributed by atoms with Crippen LogP contribution >= 0.6 is 23.8 Å². The zero-order valence-corrected chi connectivity index (χ0v) is 17.1. The highest BCUT2D eigenvalue weighted by Gasteiger charge is 2.40. The fourth-order valence-corrected chi connectivity index (χ4v) is 4.22. The molecule has 1 aromatic carbocycles. The lowest BCUT2D eigenvalue weighted by Gasteiger charge is -2.28. The maximum atomic E-state index is 13.7. The van der Waals surface area contributed by atoms with E-state index >= 15 is 0 Å². The highest BCUT2D eigenvalue weighted by molar-refractivity contribution is 7.80. The molecule has 1 fully saturated rings. The molecule has 0 spiro atoms. The lowest BCUT2D eigenvalue weighted by atomic mass is 10.0. The first kappa shape index (κ1) is 19.8. The van der Waals surface area contributed by atoms with E-state index < -0.39 is 5.82 Å². The summed E-state index contributed by atoms with van der Waals surface area (Å²) < 4.78 is 15.6. The van der Waals surface area contributed by atoms with E-state index in [9.17, 15) is 9.50 Å². The van der Waals surface area contributed by atoms with Gasteiger partial charge in [0.2, 0.25) is 0 Å². The number of hydrogen-bond acceptors (Lipinski definition) is 3. The summed E-state index contributed by atoms with van der Waals surface area (Å²) in [7, 11) is 0. The number of pyridine rings is 1. The molecule has 1 saturated heterocycles. The van der Waals surface area contributed by atoms with Gasteiger partial charge in [0.05, 0.1) is 22.8 Å². The van der Waals surface area contributed by atoms with Gasteiger partial charge < -0.3 is 19.9 Å². The molecule has 29 heavy (non-hydrogen) atoms. The third-order valence-corrected chi connectivity index (χ3v) is 5.66. The Bertz CT molecular complexity index is 1010. The van der Waals surface area contributed by atoms with Gasteiger partial charge in [0.25, 0.3) is 0 Å². The molecule has 0 unspecified atom stereocenters. The summed E-state index contributed by atoms with van der Waals surface area (Å²) in [5.41, 5.74) is 2.60. The zero-order valence-electron chi connectivity index (χ0n) is 15.5. The van der Waals surface area contributed by atoms with E-state index in [2.05, 4.69) is 15.2 Å². The highest BCUT2D eigenvalue weighted by Crippen LogP contribution is 2.39. The van der Waals surface area contributed by atoms with Gasteiger partial charge in [-0.3, -0.25) is 4.98 Å². The number of aliphatic hydroxyl groups is 1. The van der Waals surface area contributed by atoms with Crippen LogP contribution in [0.5, 0.6) is 0 Å². The van der Waals surface area contributed by atoms with Gasteiger partial charge >= 0.3 is 0 Å². The molecule has 0 bridgehead atoms. The van der Waals surface area contributed by atoms with Crippen LogP contribution in [0.2, 0.25) is 5.02 Å². The van der Waals surface area contributed by atoms with Crippen LogP contribution in [0.25, 0.3) is 5.69 Å². The van der Waals surface area contributed by atoms with Crippen LogP contribution in [-0.2, 0) is 0 Å². The molecule has 0 saturated carbocycles. The summed E-state index contributed by atoms with van der Waals surface area (Å²) in [6, 6.07) is 14.1. The van der Waals surface area contributed by atoms with Crippen molar-refractivity contribution < 1.29 is 9.50 Å². The second kappa shape index (κ2) is 8.49. The Morgan fingerprint density at radius 3 is 2.79 bits per heavy atom. The van der Waals surface area contributed by atoms with Gasteiger partial charge in [0.1, 0.15) is 5.82 Å². The number of aromatic nitrogens is 2. The predicted molar refractivity (Wildman–Crippen MR) is 115 cm³/mol. The lowest BCUT2D eigenvalue weighted by molar-refractivity contribution is 0.245. The Morgan fingerprint density at radius 1 is 1.21 bits per heavy atom. The minimum atomic E-state index is -0.455. The quantitative estimate of drug-likeness (QED) is 0.578. The fourth-order valence-electron chi connectivity index (χ4n) is 3.71.